The maximum absolute atomic E-state index is 13.2. The third kappa shape index (κ3) is 8.34. The first kappa shape index (κ1) is 27.8. The van der Waals surface area contributed by atoms with E-state index in [1.807, 2.05) is 0 Å². The highest BCUT2D eigenvalue weighted by Crippen LogP contribution is 2.47. The lowest BCUT2D eigenvalue weighted by Gasteiger charge is -2.42. The monoisotopic (exact) mass is 436 g/mol. The molecule has 1 aliphatic carbocycles. The summed E-state index contributed by atoms with van der Waals surface area (Å²) in [6.07, 6.45) is 8.48. The number of rotatable bonds is 13. The number of allylic oxidation sites excluding steroid dienone is 2. The van der Waals surface area contributed by atoms with Crippen LogP contribution in [-0.4, -0.2) is 35.5 Å². The molecule has 0 heterocycles. The topological polar surface area (TPSA) is 92.4 Å². The Balaban J connectivity index is 2.70. The van der Waals surface area contributed by atoms with Crippen molar-refractivity contribution in [1.82, 2.24) is 5.32 Å². The third-order valence-electron chi connectivity index (χ3n) is 7.42. The normalized spacial score (nSPS) is 22.5. The Labute approximate surface area is 190 Å². The molecule has 0 aromatic carbocycles. The summed E-state index contributed by atoms with van der Waals surface area (Å²) in [5, 5.41) is 11.8. The number of Topliss-reactive ketones (excluding diaryl/α,β-unsaturated/α-hetero) is 1. The lowest BCUT2D eigenvalue weighted by Crippen LogP contribution is -2.50. The van der Waals surface area contributed by atoms with Crippen molar-refractivity contribution in [3.05, 3.63) is 11.1 Å². The summed E-state index contributed by atoms with van der Waals surface area (Å²) >= 11 is 0. The van der Waals surface area contributed by atoms with E-state index in [-0.39, 0.29) is 29.6 Å². The van der Waals surface area contributed by atoms with Gasteiger partial charge in [0.25, 0.3) is 0 Å². The Morgan fingerprint density at radius 3 is 2.23 bits per heavy atom. The number of hydrogen-bond acceptors (Lipinski definition) is 4. The van der Waals surface area contributed by atoms with E-state index in [1.165, 1.54) is 30.4 Å². The standard InChI is InChI=1S/C26H48N2O3/c1-17(9-8-10-18(2)15-16-29)11-13-22-19(3)12-14-23(26(22,6)7)24(30)21(5)28-25(31)20(4)27/h17-18,20-21,23,29H,8-16,27H2,1-7H3,(H,28,31)/t17?,18?,20-,21-,23?/m0/s1. The highest BCUT2D eigenvalue weighted by Gasteiger charge is 2.42. The third-order valence-corrected chi connectivity index (χ3v) is 7.42. The lowest BCUT2D eigenvalue weighted by molar-refractivity contribution is -0.132. The van der Waals surface area contributed by atoms with Gasteiger partial charge in [-0.1, -0.05) is 58.1 Å². The smallest absolute Gasteiger partial charge is 0.237 e. The number of nitrogens with two attached hydrogens (primary N) is 1. The number of hydrogen-bond donors (Lipinski definition) is 3. The summed E-state index contributed by atoms with van der Waals surface area (Å²) in [5.74, 6) is 1.01. The van der Waals surface area contributed by atoms with Gasteiger partial charge < -0.3 is 16.2 Å². The van der Waals surface area contributed by atoms with Gasteiger partial charge in [0.2, 0.25) is 5.91 Å². The van der Waals surface area contributed by atoms with Gasteiger partial charge in [0.1, 0.15) is 0 Å². The zero-order chi connectivity index (χ0) is 23.8. The second kappa shape index (κ2) is 12.7. The minimum atomic E-state index is -0.611. The maximum Gasteiger partial charge on any atom is 0.237 e. The largest absolute Gasteiger partial charge is 0.396 e. The summed E-state index contributed by atoms with van der Waals surface area (Å²) in [4.78, 5) is 25.2. The first-order valence-corrected chi connectivity index (χ1v) is 12.3. The van der Waals surface area contributed by atoms with Crippen molar-refractivity contribution >= 4 is 11.7 Å². The summed E-state index contributed by atoms with van der Waals surface area (Å²) in [7, 11) is 0. The number of nitrogens with one attached hydrogen (secondary N) is 1. The molecule has 0 saturated heterocycles. The maximum atomic E-state index is 13.2. The molecule has 0 saturated carbocycles. The molecule has 5 nitrogen and oxygen atoms in total. The van der Waals surface area contributed by atoms with Gasteiger partial charge in [-0.2, -0.15) is 0 Å². The fraction of sp³-hybridized carbons (Fsp3) is 0.846. The molecular formula is C26H48N2O3. The van der Waals surface area contributed by atoms with Gasteiger partial charge in [-0.25, -0.2) is 0 Å². The van der Waals surface area contributed by atoms with Crippen LogP contribution in [0.3, 0.4) is 0 Å². The Hall–Kier alpha value is -1.20. The molecule has 31 heavy (non-hydrogen) atoms. The SMILES string of the molecule is CC1=C(CCC(C)CCCC(C)CCO)C(C)(C)C(C(=O)[C@H](C)NC(=O)[C@H](C)N)CC1. The first-order chi connectivity index (χ1) is 14.4. The molecule has 0 spiro atoms. The number of carbonyl (C=O) groups is 2. The summed E-state index contributed by atoms with van der Waals surface area (Å²) in [5.41, 5.74) is 8.32. The number of carbonyl (C=O) groups excluding carboxylic acids is 2. The van der Waals surface area contributed by atoms with Crippen molar-refractivity contribution in [2.75, 3.05) is 6.61 Å². The molecule has 1 aliphatic rings. The molecule has 1 rings (SSSR count). The average Bonchev–Trinajstić information content (AvgIpc) is 2.66. The molecule has 0 aromatic heterocycles. The van der Waals surface area contributed by atoms with E-state index in [0.29, 0.717) is 11.8 Å². The van der Waals surface area contributed by atoms with E-state index in [2.05, 4.69) is 39.9 Å². The van der Waals surface area contributed by atoms with E-state index in [1.54, 1.807) is 13.8 Å². The van der Waals surface area contributed by atoms with E-state index < -0.39 is 12.1 Å². The number of ketones is 1. The zero-order valence-electron chi connectivity index (χ0n) is 21.1. The lowest BCUT2D eigenvalue weighted by atomic mass is 9.62. The molecular weight excluding hydrogens is 388 g/mol. The predicted octanol–water partition coefficient (Wildman–Crippen LogP) is 4.77. The van der Waals surface area contributed by atoms with Crippen LogP contribution in [0, 0.1) is 23.2 Å². The zero-order valence-corrected chi connectivity index (χ0v) is 21.1. The Kier molecular flexibility index (Phi) is 11.4. The fourth-order valence-corrected chi connectivity index (χ4v) is 5.10. The highest BCUT2D eigenvalue weighted by molar-refractivity contribution is 5.92. The van der Waals surface area contributed by atoms with E-state index >= 15 is 0 Å². The molecule has 0 aromatic rings. The second-order valence-electron chi connectivity index (χ2n) is 10.7. The van der Waals surface area contributed by atoms with Crippen LogP contribution in [0.1, 0.15) is 99.8 Å². The first-order valence-electron chi connectivity index (χ1n) is 12.3. The van der Waals surface area contributed by atoms with E-state index in [9.17, 15) is 9.59 Å². The quantitative estimate of drug-likeness (QED) is 0.363. The van der Waals surface area contributed by atoms with Crippen LogP contribution in [0.5, 0.6) is 0 Å². The van der Waals surface area contributed by atoms with Crippen molar-refractivity contribution in [2.24, 2.45) is 28.9 Å². The van der Waals surface area contributed by atoms with Crippen molar-refractivity contribution in [2.45, 2.75) is 112 Å². The van der Waals surface area contributed by atoms with Crippen LogP contribution >= 0.6 is 0 Å². The van der Waals surface area contributed by atoms with Crippen LogP contribution in [0.15, 0.2) is 11.1 Å². The van der Waals surface area contributed by atoms with Crippen LogP contribution in [-0.2, 0) is 9.59 Å². The molecule has 5 heteroatoms. The predicted molar refractivity (Wildman–Crippen MR) is 129 cm³/mol. The van der Waals surface area contributed by atoms with Gasteiger partial charge in [-0.05, 0) is 70.1 Å². The summed E-state index contributed by atoms with van der Waals surface area (Å²) < 4.78 is 0. The molecule has 0 fully saturated rings. The van der Waals surface area contributed by atoms with Gasteiger partial charge in [-0.15, -0.1) is 0 Å². The van der Waals surface area contributed by atoms with Gasteiger partial charge in [0, 0.05) is 12.5 Å². The van der Waals surface area contributed by atoms with Gasteiger partial charge in [0.15, 0.2) is 5.78 Å². The van der Waals surface area contributed by atoms with Crippen LogP contribution < -0.4 is 11.1 Å². The Bertz CT molecular complexity index is 624. The van der Waals surface area contributed by atoms with Crippen molar-refractivity contribution in [3.63, 3.8) is 0 Å². The van der Waals surface area contributed by atoms with Crippen molar-refractivity contribution in [3.8, 4) is 0 Å². The van der Waals surface area contributed by atoms with E-state index in [4.69, 9.17) is 10.8 Å². The Morgan fingerprint density at radius 2 is 1.68 bits per heavy atom. The summed E-state index contributed by atoms with van der Waals surface area (Å²) in [6.45, 7) is 14.9. The minimum Gasteiger partial charge on any atom is -0.396 e. The van der Waals surface area contributed by atoms with Crippen LogP contribution in [0.2, 0.25) is 0 Å². The molecule has 4 N–H and O–H groups in total. The van der Waals surface area contributed by atoms with E-state index in [0.717, 1.165) is 32.1 Å². The highest BCUT2D eigenvalue weighted by atomic mass is 16.3. The minimum absolute atomic E-state index is 0.0794. The number of aliphatic hydroxyl groups is 1. The second-order valence-corrected chi connectivity index (χ2v) is 10.7. The van der Waals surface area contributed by atoms with Crippen molar-refractivity contribution in [1.29, 1.82) is 0 Å². The molecule has 0 bridgehead atoms. The molecule has 5 atom stereocenters. The number of aliphatic hydroxyl groups excluding tert-OH is 1. The Morgan fingerprint density at radius 1 is 1.10 bits per heavy atom. The average molecular weight is 437 g/mol. The molecule has 3 unspecified atom stereocenters. The fourth-order valence-electron chi connectivity index (χ4n) is 5.10. The summed E-state index contributed by atoms with van der Waals surface area (Å²) in [6, 6.07) is -1.12. The molecule has 180 valence electrons. The molecule has 0 aliphatic heterocycles. The van der Waals surface area contributed by atoms with Crippen LogP contribution in [0.4, 0.5) is 0 Å². The molecule has 0 radical (unpaired) electrons. The van der Waals surface area contributed by atoms with Crippen molar-refractivity contribution < 1.29 is 14.7 Å². The van der Waals surface area contributed by atoms with Gasteiger partial charge >= 0.3 is 0 Å². The van der Waals surface area contributed by atoms with Gasteiger partial charge in [0.05, 0.1) is 12.1 Å². The number of amides is 1. The van der Waals surface area contributed by atoms with Crippen LogP contribution in [0.25, 0.3) is 0 Å². The molecule has 1 amide bonds. The van der Waals surface area contributed by atoms with Gasteiger partial charge in [-0.3, -0.25) is 9.59 Å².